The van der Waals surface area contributed by atoms with Crippen LogP contribution in [0.2, 0.25) is 0 Å². The average molecular weight is 472 g/mol. The van der Waals surface area contributed by atoms with Gasteiger partial charge in [0.25, 0.3) is 0 Å². The van der Waals surface area contributed by atoms with Crippen molar-refractivity contribution in [2.45, 2.75) is 17.3 Å². The summed E-state index contributed by atoms with van der Waals surface area (Å²) in [5.74, 6) is 2.04. The van der Waals surface area contributed by atoms with Gasteiger partial charge in [0.2, 0.25) is 18.6 Å². The molecule has 0 saturated heterocycles. The van der Waals surface area contributed by atoms with Crippen molar-refractivity contribution in [3.8, 4) is 17.2 Å². The molecular formula is C22H21N3O5S2. The molecule has 1 aliphatic rings. The number of thiazole rings is 1. The Morgan fingerprint density at radius 2 is 2.03 bits per heavy atom. The molecule has 0 atom stereocenters. The van der Waals surface area contributed by atoms with Gasteiger partial charge in [0, 0.05) is 23.7 Å². The maximum atomic E-state index is 12.3. The second-order valence-corrected chi connectivity index (χ2v) is 8.90. The van der Waals surface area contributed by atoms with Crippen molar-refractivity contribution in [3.05, 3.63) is 59.1 Å². The number of methoxy groups -OCH3 is 1. The lowest BCUT2D eigenvalue weighted by Crippen LogP contribution is -2.24. The van der Waals surface area contributed by atoms with Crippen molar-refractivity contribution >= 4 is 40.6 Å². The molecule has 1 aromatic heterocycles. The predicted molar refractivity (Wildman–Crippen MR) is 123 cm³/mol. The van der Waals surface area contributed by atoms with Crippen LogP contribution in [0.4, 0.5) is 5.69 Å². The van der Waals surface area contributed by atoms with E-state index in [0.717, 1.165) is 9.90 Å². The summed E-state index contributed by atoms with van der Waals surface area (Å²) in [6, 6.07) is 12.8. The molecule has 0 unspecified atom stereocenters. The number of benzene rings is 2. The van der Waals surface area contributed by atoms with Gasteiger partial charge in [-0.25, -0.2) is 4.98 Å². The third-order valence-electron chi connectivity index (χ3n) is 4.48. The molecule has 8 nitrogen and oxygen atoms in total. The molecule has 32 heavy (non-hydrogen) atoms. The second kappa shape index (κ2) is 10.4. The van der Waals surface area contributed by atoms with Gasteiger partial charge < -0.3 is 24.8 Å². The van der Waals surface area contributed by atoms with E-state index in [9.17, 15) is 9.59 Å². The molecule has 0 saturated carbocycles. The highest BCUT2D eigenvalue weighted by Gasteiger charge is 2.14. The predicted octanol–water partition coefficient (Wildman–Crippen LogP) is 3.47. The summed E-state index contributed by atoms with van der Waals surface area (Å²) in [5.41, 5.74) is 2.28. The molecule has 0 spiro atoms. The van der Waals surface area contributed by atoms with Crippen LogP contribution in [0.5, 0.6) is 17.2 Å². The number of nitrogens with zero attached hydrogens (tertiary/aromatic N) is 1. The molecular weight excluding hydrogens is 450 g/mol. The topological polar surface area (TPSA) is 98.8 Å². The smallest absolute Gasteiger partial charge is 0.234 e. The minimum absolute atomic E-state index is 0.125. The Kier molecular flexibility index (Phi) is 7.13. The number of amides is 2. The van der Waals surface area contributed by atoms with Gasteiger partial charge in [0.1, 0.15) is 5.75 Å². The number of ether oxygens (including phenoxy) is 3. The van der Waals surface area contributed by atoms with Crippen molar-refractivity contribution < 1.29 is 23.8 Å². The molecule has 2 N–H and O–H groups in total. The van der Waals surface area contributed by atoms with Crippen LogP contribution >= 0.6 is 23.1 Å². The highest BCUT2D eigenvalue weighted by atomic mass is 32.2. The van der Waals surface area contributed by atoms with Gasteiger partial charge in [-0.1, -0.05) is 23.9 Å². The van der Waals surface area contributed by atoms with Gasteiger partial charge in [0.05, 0.1) is 25.0 Å². The van der Waals surface area contributed by atoms with Crippen molar-refractivity contribution in [2.75, 3.05) is 25.0 Å². The minimum Gasteiger partial charge on any atom is -0.497 e. The Labute approximate surface area is 193 Å². The number of carbonyl (C=O) groups is 2. The van der Waals surface area contributed by atoms with E-state index >= 15 is 0 Å². The van der Waals surface area contributed by atoms with Crippen molar-refractivity contribution in [3.63, 3.8) is 0 Å². The molecule has 0 fully saturated rings. The van der Waals surface area contributed by atoms with Gasteiger partial charge in [0.15, 0.2) is 15.8 Å². The first-order chi connectivity index (χ1) is 15.6. The molecule has 166 valence electrons. The second-order valence-electron chi connectivity index (χ2n) is 6.81. The number of fused-ring (bicyclic) bond motifs is 1. The fourth-order valence-corrected chi connectivity index (χ4v) is 4.58. The summed E-state index contributed by atoms with van der Waals surface area (Å²) in [5, 5.41) is 7.55. The Bertz CT molecular complexity index is 1120. The van der Waals surface area contributed by atoms with E-state index < -0.39 is 0 Å². The maximum Gasteiger partial charge on any atom is 0.234 e. The van der Waals surface area contributed by atoms with Gasteiger partial charge in [-0.2, -0.15) is 0 Å². The zero-order valence-corrected chi connectivity index (χ0v) is 18.9. The summed E-state index contributed by atoms with van der Waals surface area (Å²) in [6.07, 6.45) is 0.178. The molecule has 0 aliphatic carbocycles. The number of thioether (sulfide) groups is 1. The molecule has 4 rings (SSSR count). The maximum absolute atomic E-state index is 12.3. The highest BCUT2D eigenvalue weighted by Crippen LogP contribution is 2.32. The lowest BCUT2D eigenvalue weighted by molar-refractivity contribution is -0.120. The lowest BCUT2D eigenvalue weighted by atomic mass is 10.2. The zero-order valence-electron chi connectivity index (χ0n) is 17.3. The highest BCUT2D eigenvalue weighted by molar-refractivity contribution is 8.01. The third-order valence-corrected chi connectivity index (χ3v) is 6.55. The molecule has 2 amide bonds. The number of anilines is 1. The normalized spacial score (nSPS) is 11.8. The first-order valence-corrected chi connectivity index (χ1v) is 11.6. The van der Waals surface area contributed by atoms with E-state index in [0.29, 0.717) is 35.2 Å². The van der Waals surface area contributed by atoms with E-state index in [2.05, 4.69) is 15.6 Å². The van der Waals surface area contributed by atoms with Crippen LogP contribution in [0.3, 0.4) is 0 Å². The Morgan fingerprint density at radius 3 is 2.91 bits per heavy atom. The zero-order chi connectivity index (χ0) is 22.3. The van der Waals surface area contributed by atoms with Crippen molar-refractivity contribution in [1.82, 2.24) is 10.3 Å². The monoisotopic (exact) mass is 471 g/mol. The molecule has 1 aliphatic heterocycles. The number of aromatic nitrogens is 1. The Balaban J connectivity index is 1.21. The molecule has 2 heterocycles. The average Bonchev–Trinajstić information content (AvgIpc) is 3.45. The lowest BCUT2D eigenvalue weighted by Gasteiger charge is -2.06. The van der Waals surface area contributed by atoms with E-state index in [4.69, 9.17) is 14.2 Å². The molecule has 2 aromatic carbocycles. The SMILES string of the molecule is COc1cccc(NC(=O)CSc2nc(CC(=O)NCc3ccc4c(c3)OCO4)cs2)c1. The van der Waals surface area contributed by atoms with Crippen LogP contribution in [0.1, 0.15) is 11.3 Å². The van der Waals surface area contributed by atoms with E-state index in [1.54, 1.807) is 19.2 Å². The molecule has 0 bridgehead atoms. The van der Waals surface area contributed by atoms with Gasteiger partial charge in [-0.3, -0.25) is 9.59 Å². The first kappa shape index (κ1) is 22.0. The van der Waals surface area contributed by atoms with Crippen LogP contribution in [0.25, 0.3) is 0 Å². The Hall–Kier alpha value is -3.24. The summed E-state index contributed by atoms with van der Waals surface area (Å²) in [4.78, 5) is 28.9. The van der Waals surface area contributed by atoms with Crippen LogP contribution in [-0.4, -0.2) is 36.5 Å². The van der Waals surface area contributed by atoms with E-state index in [1.807, 2.05) is 35.7 Å². The Morgan fingerprint density at radius 1 is 1.16 bits per heavy atom. The van der Waals surface area contributed by atoms with Crippen LogP contribution in [0, 0.1) is 0 Å². The van der Waals surface area contributed by atoms with Crippen molar-refractivity contribution in [2.24, 2.45) is 0 Å². The number of carbonyl (C=O) groups excluding carboxylic acids is 2. The first-order valence-electron chi connectivity index (χ1n) is 9.75. The molecule has 0 radical (unpaired) electrons. The van der Waals surface area contributed by atoms with Crippen LogP contribution in [-0.2, 0) is 22.6 Å². The number of hydrogen-bond acceptors (Lipinski definition) is 8. The summed E-state index contributed by atoms with van der Waals surface area (Å²) < 4.78 is 16.5. The summed E-state index contributed by atoms with van der Waals surface area (Å²) in [6.45, 7) is 0.615. The number of nitrogens with one attached hydrogen (secondary N) is 2. The summed E-state index contributed by atoms with van der Waals surface area (Å²) in [7, 11) is 1.58. The number of hydrogen-bond donors (Lipinski definition) is 2. The van der Waals surface area contributed by atoms with Gasteiger partial charge in [-0.05, 0) is 29.8 Å². The van der Waals surface area contributed by atoms with E-state index in [-0.39, 0.29) is 30.8 Å². The summed E-state index contributed by atoms with van der Waals surface area (Å²) >= 11 is 2.75. The molecule has 10 heteroatoms. The fraction of sp³-hybridized carbons (Fsp3) is 0.227. The van der Waals surface area contributed by atoms with Gasteiger partial charge >= 0.3 is 0 Å². The quantitative estimate of drug-likeness (QED) is 0.461. The standard InChI is InChI=1S/C22H21N3O5S2/c1-28-17-4-2-3-15(8-17)24-21(27)12-32-22-25-16(11-31-22)9-20(26)23-10-14-5-6-18-19(7-14)30-13-29-18/h2-8,11H,9-10,12-13H2,1H3,(H,23,26)(H,24,27). The fourth-order valence-electron chi connectivity index (χ4n) is 2.94. The van der Waals surface area contributed by atoms with Crippen molar-refractivity contribution in [1.29, 1.82) is 0 Å². The number of rotatable bonds is 9. The molecule has 3 aromatic rings. The largest absolute Gasteiger partial charge is 0.497 e. The third kappa shape index (κ3) is 5.92. The minimum atomic E-state index is -0.138. The van der Waals surface area contributed by atoms with Crippen LogP contribution in [0.15, 0.2) is 52.2 Å². The van der Waals surface area contributed by atoms with Crippen LogP contribution < -0.4 is 24.8 Å². The van der Waals surface area contributed by atoms with E-state index in [1.165, 1.54) is 23.1 Å². The van der Waals surface area contributed by atoms with Gasteiger partial charge in [-0.15, -0.1) is 11.3 Å².